The van der Waals surface area contributed by atoms with E-state index in [4.69, 9.17) is 6.57 Å². The SMILES string of the molecule is [C-]#[N+]C(C)(C)Cc1cc2c3c([n+](C)ccc3c1)-c1c(C)ccc3c1B2c1ccccc1-3. The van der Waals surface area contributed by atoms with Gasteiger partial charge in [-0.05, 0) is 40.0 Å². The van der Waals surface area contributed by atoms with Gasteiger partial charge < -0.3 is 4.85 Å². The molecule has 0 radical (unpaired) electrons. The highest BCUT2D eigenvalue weighted by molar-refractivity contribution is 7.01. The lowest BCUT2D eigenvalue weighted by Gasteiger charge is -2.25. The number of hydrogen-bond donors (Lipinski definition) is 0. The Bertz CT molecular complexity index is 1470. The molecule has 0 aliphatic carbocycles. The molecular formula is C28H24BN2+. The fraction of sp³-hybridized carbons (Fsp3) is 0.214. The molecule has 0 spiro atoms. The zero-order valence-corrected chi connectivity index (χ0v) is 18.5. The predicted octanol–water partition coefficient (Wildman–Crippen LogP) is 3.69. The van der Waals surface area contributed by atoms with E-state index in [1.807, 2.05) is 13.8 Å². The number of aromatic nitrogens is 1. The summed E-state index contributed by atoms with van der Waals surface area (Å²) in [5.74, 6) is 0. The van der Waals surface area contributed by atoms with Crippen LogP contribution in [0.15, 0.2) is 60.8 Å². The average molecular weight is 399 g/mol. The zero-order chi connectivity index (χ0) is 21.5. The summed E-state index contributed by atoms with van der Waals surface area (Å²) in [4.78, 5) is 3.88. The van der Waals surface area contributed by atoms with Crippen LogP contribution in [-0.2, 0) is 13.5 Å². The van der Waals surface area contributed by atoms with Crippen molar-refractivity contribution >= 4 is 33.9 Å². The summed E-state index contributed by atoms with van der Waals surface area (Å²) in [6, 6.07) is 20.4. The van der Waals surface area contributed by atoms with Crippen molar-refractivity contribution in [1.82, 2.24) is 0 Å². The summed E-state index contributed by atoms with van der Waals surface area (Å²) in [7, 11) is 2.16. The maximum Gasteiger partial charge on any atom is 0.245 e. The van der Waals surface area contributed by atoms with Crippen molar-refractivity contribution in [3.63, 3.8) is 0 Å². The van der Waals surface area contributed by atoms with Gasteiger partial charge in [-0.25, -0.2) is 11.1 Å². The van der Waals surface area contributed by atoms with Crippen molar-refractivity contribution in [1.29, 1.82) is 0 Å². The van der Waals surface area contributed by atoms with Crippen molar-refractivity contribution in [3.8, 4) is 22.4 Å². The van der Waals surface area contributed by atoms with Crippen molar-refractivity contribution in [2.45, 2.75) is 32.7 Å². The van der Waals surface area contributed by atoms with Gasteiger partial charge in [-0.15, -0.1) is 0 Å². The second-order valence-electron chi connectivity index (χ2n) is 9.76. The van der Waals surface area contributed by atoms with Gasteiger partial charge in [0.2, 0.25) is 17.9 Å². The van der Waals surface area contributed by atoms with Gasteiger partial charge in [0.25, 0.3) is 0 Å². The molecule has 3 heteroatoms. The van der Waals surface area contributed by atoms with Gasteiger partial charge in [-0.3, -0.25) is 0 Å². The average Bonchev–Trinajstić information content (AvgIpc) is 3.09. The van der Waals surface area contributed by atoms with Gasteiger partial charge in [0.15, 0.2) is 6.20 Å². The number of nitrogens with zero attached hydrogens (tertiary/aromatic N) is 2. The monoisotopic (exact) mass is 399 g/mol. The van der Waals surface area contributed by atoms with Crippen molar-refractivity contribution in [2.75, 3.05) is 0 Å². The van der Waals surface area contributed by atoms with E-state index in [1.165, 1.54) is 60.7 Å². The predicted molar refractivity (Wildman–Crippen MR) is 130 cm³/mol. The van der Waals surface area contributed by atoms with E-state index in [1.54, 1.807) is 0 Å². The minimum absolute atomic E-state index is 0.259. The third-order valence-electron chi connectivity index (χ3n) is 7.12. The molecule has 148 valence electrons. The summed E-state index contributed by atoms with van der Waals surface area (Å²) < 4.78 is 2.29. The molecule has 6 rings (SSSR count). The molecule has 3 heterocycles. The molecule has 0 saturated carbocycles. The fourth-order valence-electron chi connectivity index (χ4n) is 5.82. The number of benzene rings is 3. The van der Waals surface area contributed by atoms with Gasteiger partial charge in [0.05, 0.1) is 6.42 Å². The summed E-state index contributed by atoms with van der Waals surface area (Å²) in [5, 5.41) is 2.64. The lowest BCUT2D eigenvalue weighted by Crippen LogP contribution is -2.54. The number of aryl methyl sites for hydroxylation is 2. The highest BCUT2D eigenvalue weighted by Crippen LogP contribution is 2.37. The maximum absolute atomic E-state index is 7.61. The Labute approximate surface area is 184 Å². The number of rotatable bonds is 2. The summed E-state index contributed by atoms with van der Waals surface area (Å²) in [5.41, 5.74) is 11.9. The van der Waals surface area contributed by atoms with E-state index in [0.29, 0.717) is 0 Å². The third kappa shape index (κ3) is 2.42. The van der Waals surface area contributed by atoms with Crippen LogP contribution < -0.4 is 21.0 Å². The Morgan fingerprint density at radius 2 is 1.81 bits per heavy atom. The Morgan fingerprint density at radius 1 is 1.00 bits per heavy atom. The highest BCUT2D eigenvalue weighted by Gasteiger charge is 2.43. The molecule has 4 aromatic rings. The molecule has 1 aromatic heterocycles. The Hall–Kier alpha value is -3.38. The standard InChI is InChI=1S/C28H24BN2/c1-17-10-11-21-20-8-6-7-9-22(20)29-23-15-18(16-28(2,3)30-4)14-19-12-13-31(5)27(25(19)23)24(17)26(21)29/h6-15H,16H2,1-3,5H3/q+1. The Balaban J connectivity index is 1.76. The van der Waals surface area contributed by atoms with Gasteiger partial charge in [-0.2, -0.15) is 0 Å². The minimum atomic E-state index is -0.398. The molecular weight excluding hydrogens is 375 g/mol. The van der Waals surface area contributed by atoms with Crippen LogP contribution in [0.3, 0.4) is 0 Å². The lowest BCUT2D eigenvalue weighted by atomic mass is 9.35. The van der Waals surface area contributed by atoms with Crippen molar-refractivity contribution in [2.24, 2.45) is 7.05 Å². The Morgan fingerprint density at radius 3 is 2.61 bits per heavy atom. The molecule has 0 unspecified atom stereocenters. The first-order chi connectivity index (χ1) is 14.9. The van der Waals surface area contributed by atoms with E-state index in [0.717, 1.165) is 6.42 Å². The van der Waals surface area contributed by atoms with Crippen LogP contribution in [0.4, 0.5) is 0 Å². The van der Waals surface area contributed by atoms with Crippen LogP contribution in [0.1, 0.15) is 25.0 Å². The van der Waals surface area contributed by atoms with Crippen LogP contribution in [0.25, 0.3) is 38.0 Å². The van der Waals surface area contributed by atoms with E-state index in [9.17, 15) is 0 Å². The summed E-state index contributed by atoms with van der Waals surface area (Å²) in [6.07, 6.45) is 2.95. The van der Waals surface area contributed by atoms with Crippen LogP contribution in [-0.4, -0.2) is 12.3 Å². The first-order valence-electron chi connectivity index (χ1n) is 11.0. The lowest BCUT2D eigenvalue weighted by molar-refractivity contribution is -0.659. The smallest absolute Gasteiger partial charge is 0.245 e. The molecule has 2 aliphatic rings. The molecule has 0 atom stereocenters. The molecule has 0 amide bonds. The Kier molecular flexibility index (Phi) is 3.61. The van der Waals surface area contributed by atoms with Crippen LogP contribution in [0, 0.1) is 13.5 Å². The quantitative estimate of drug-likeness (QED) is 0.239. The second kappa shape index (κ2) is 6.08. The van der Waals surface area contributed by atoms with Crippen LogP contribution in [0.2, 0.25) is 0 Å². The van der Waals surface area contributed by atoms with Crippen LogP contribution >= 0.6 is 0 Å². The molecule has 2 aliphatic heterocycles. The first kappa shape index (κ1) is 18.4. The largest absolute Gasteiger partial charge is 0.311 e. The molecule has 31 heavy (non-hydrogen) atoms. The number of pyridine rings is 1. The van der Waals surface area contributed by atoms with E-state index < -0.39 is 5.54 Å². The summed E-state index contributed by atoms with van der Waals surface area (Å²) >= 11 is 0. The van der Waals surface area contributed by atoms with E-state index in [2.05, 4.69) is 84.2 Å². The highest BCUT2D eigenvalue weighted by atomic mass is 14.9. The number of hydrogen-bond acceptors (Lipinski definition) is 0. The topological polar surface area (TPSA) is 8.24 Å². The molecule has 2 nitrogen and oxygen atoms in total. The molecule has 0 bridgehead atoms. The first-order valence-corrected chi connectivity index (χ1v) is 11.0. The normalized spacial score (nSPS) is 13.2. The number of fused-ring (bicyclic) bond motifs is 5. The van der Waals surface area contributed by atoms with Gasteiger partial charge in [0, 0.05) is 30.9 Å². The molecule has 0 fully saturated rings. The van der Waals surface area contributed by atoms with Crippen LogP contribution in [0.5, 0.6) is 0 Å². The maximum atomic E-state index is 7.61. The third-order valence-corrected chi connectivity index (χ3v) is 7.12. The van der Waals surface area contributed by atoms with Gasteiger partial charge in [0.1, 0.15) is 7.05 Å². The summed E-state index contributed by atoms with van der Waals surface area (Å²) in [6.45, 7) is 14.2. The minimum Gasteiger partial charge on any atom is -0.311 e. The van der Waals surface area contributed by atoms with E-state index in [-0.39, 0.29) is 6.71 Å². The van der Waals surface area contributed by atoms with Crippen molar-refractivity contribution < 1.29 is 4.57 Å². The molecule has 0 N–H and O–H groups in total. The zero-order valence-electron chi connectivity index (χ0n) is 18.5. The second-order valence-corrected chi connectivity index (χ2v) is 9.76. The van der Waals surface area contributed by atoms with E-state index >= 15 is 0 Å². The molecule has 3 aromatic carbocycles. The molecule has 0 saturated heterocycles. The fourth-order valence-corrected chi connectivity index (χ4v) is 5.82. The van der Waals surface area contributed by atoms with Crippen molar-refractivity contribution in [3.05, 3.63) is 83.3 Å². The van der Waals surface area contributed by atoms with Gasteiger partial charge in [-0.1, -0.05) is 59.5 Å². The van der Waals surface area contributed by atoms with Gasteiger partial charge >= 0.3 is 0 Å².